The van der Waals surface area contributed by atoms with E-state index in [1.165, 1.54) is 6.92 Å². The molecule has 1 unspecified atom stereocenters. The van der Waals surface area contributed by atoms with Crippen LogP contribution in [0.3, 0.4) is 0 Å². The molecule has 7 nitrogen and oxygen atoms in total. The molecule has 0 aliphatic rings. The Morgan fingerprint density at radius 2 is 1.94 bits per heavy atom. The topological polar surface area (TPSA) is 106 Å². The number of halogens is 6. The maximum absolute atomic E-state index is 14.8. The van der Waals surface area contributed by atoms with Gasteiger partial charge >= 0.3 is 6.18 Å². The highest BCUT2D eigenvalue weighted by atomic mass is 35.5. The molecule has 0 bridgehead atoms. The summed E-state index contributed by atoms with van der Waals surface area (Å²) in [6, 6.07) is 3.40. The Balaban J connectivity index is 2.12. The van der Waals surface area contributed by atoms with Gasteiger partial charge in [-0.2, -0.15) is 18.3 Å². The van der Waals surface area contributed by atoms with Crippen molar-refractivity contribution in [1.29, 1.82) is 0 Å². The number of anilines is 2. The number of nitrogen functional groups attached to an aromatic ring is 1. The number of benzene rings is 1. The number of nitrogens with one attached hydrogen (secondary N) is 2. The van der Waals surface area contributed by atoms with Crippen LogP contribution in [0.25, 0.3) is 11.3 Å². The molecule has 4 N–H and O–H groups in total. The van der Waals surface area contributed by atoms with E-state index in [1.54, 1.807) is 0 Å². The molecular weight excluding hydrogens is 461 g/mol. The third-order valence-corrected chi connectivity index (χ3v) is 4.62. The third kappa shape index (κ3) is 4.74. The largest absolute Gasteiger partial charge is 0.480 e. The van der Waals surface area contributed by atoms with E-state index >= 15 is 0 Å². The van der Waals surface area contributed by atoms with Crippen molar-refractivity contribution >= 4 is 29.0 Å². The van der Waals surface area contributed by atoms with Crippen molar-refractivity contribution in [3.63, 3.8) is 0 Å². The molecule has 1 amide bonds. The molecule has 2 heterocycles. The Hall–Kier alpha value is -3.41. The number of carbonyl (C=O) groups excluding carboxylic acids is 1. The maximum atomic E-state index is 14.8. The molecule has 0 spiro atoms. The van der Waals surface area contributed by atoms with Crippen molar-refractivity contribution in [2.45, 2.75) is 26.1 Å². The van der Waals surface area contributed by atoms with Crippen LogP contribution in [0.1, 0.15) is 23.0 Å². The van der Waals surface area contributed by atoms with Crippen LogP contribution in [0, 0.1) is 18.6 Å². The number of pyridine rings is 1. The van der Waals surface area contributed by atoms with Crippen LogP contribution in [-0.2, 0) is 0 Å². The lowest BCUT2D eigenvalue weighted by Gasteiger charge is -2.20. The zero-order valence-corrected chi connectivity index (χ0v) is 17.2. The van der Waals surface area contributed by atoms with Gasteiger partial charge in [0.1, 0.15) is 34.6 Å². The Labute approximate surface area is 182 Å². The van der Waals surface area contributed by atoms with Gasteiger partial charge in [-0.15, -0.1) is 0 Å². The van der Waals surface area contributed by atoms with Gasteiger partial charge in [0.15, 0.2) is 11.3 Å². The number of nitrogens with two attached hydrogens (primary N) is 1. The van der Waals surface area contributed by atoms with Gasteiger partial charge in [-0.3, -0.25) is 9.89 Å². The standard InChI is InChI=1S/C19H15ClF5N5O2/c1-7-15(17(20)30-29-7)28-18(31)10-5-12(22)9(16-11(21)3-4-14(26)27-16)6-13(10)32-8(2)19(23,24)25/h3-6,8H,1-2H3,(H2,26,27)(H,28,31)(H,29,30). The van der Waals surface area contributed by atoms with Crippen molar-refractivity contribution in [1.82, 2.24) is 15.2 Å². The number of aromatic nitrogens is 3. The van der Waals surface area contributed by atoms with Gasteiger partial charge in [-0.05, 0) is 38.1 Å². The van der Waals surface area contributed by atoms with Gasteiger partial charge in [-0.1, -0.05) is 11.6 Å². The fourth-order valence-electron chi connectivity index (χ4n) is 2.64. The van der Waals surface area contributed by atoms with Crippen molar-refractivity contribution in [2.24, 2.45) is 0 Å². The normalized spacial score (nSPS) is 12.5. The van der Waals surface area contributed by atoms with Gasteiger partial charge < -0.3 is 15.8 Å². The number of amides is 1. The lowest BCUT2D eigenvalue weighted by molar-refractivity contribution is -0.189. The first-order valence-corrected chi connectivity index (χ1v) is 9.27. The minimum atomic E-state index is -4.80. The van der Waals surface area contributed by atoms with Crippen molar-refractivity contribution in [2.75, 3.05) is 11.1 Å². The predicted molar refractivity (Wildman–Crippen MR) is 106 cm³/mol. The first-order valence-electron chi connectivity index (χ1n) is 8.89. The molecule has 3 aromatic rings. The molecule has 2 aromatic heterocycles. The molecule has 0 fully saturated rings. The molecule has 3 rings (SSSR count). The van der Waals surface area contributed by atoms with E-state index in [0.29, 0.717) is 18.7 Å². The lowest BCUT2D eigenvalue weighted by Crippen LogP contribution is -2.32. The maximum Gasteiger partial charge on any atom is 0.425 e. The van der Waals surface area contributed by atoms with E-state index in [0.717, 1.165) is 18.2 Å². The molecule has 32 heavy (non-hydrogen) atoms. The van der Waals surface area contributed by atoms with E-state index in [2.05, 4.69) is 20.5 Å². The van der Waals surface area contributed by atoms with Gasteiger partial charge in [0.2, 0.25) is 0 Å². The van der Waals surface area contributed by atoms with Crippen molar-refractivity contribution < 1.29 is 31.5 Å². The molecule has 0 aliphatic carbocycles. The summed E-state index contributed by atoms with van der Waals surface area (Å²) in [5, 5.41) is 8.38. The summed E-state index contributed by atoms with van der Waals surface area (Å²) in [7, 11) is 0. The minimum Gasteiger partial charge on any atom is -0.480 e. The number of rotatable bonds is 5. The highest BCUT2D eigenvalue weighted by molar-refractivity contribution is 6.33. The summed E-state index contributed by atoms with van der Waals surface area (Å²) in [6.07, 6.45) is -7.17. The van der Waals surface area contributed by atoms with Crippen LogP contribution >= 0.6 is 11.6 Å². The number of H-pyrrole nitrogens is 1. The smallest absolute Gasteiger partial charge is 0.425 e. The zero-order valence-electron chi connectivity index (χ0n) is 16.4. The van der Waals surface area contributed by atoms with Crippen LogP contribution in [-0.4, -0.2) is 33.4 Å². The van der Waals surface area contributed by atoms with Gasteiger partial charge in [0.05, 0.1) is 11.3 Å². The average molecular weight is 476 g/mol. The second-order valence-corrected chi connectivity index (χ2v) is 7.02. The SMILES string of the molecule is Cc1[nH]nc(Cl)c1NC(=O)c1cc(F)c(-c2nc(N)ccc2F)cc1OC(C)C(F)(F)F. The third-order valence-electron chi connectivity index (χ3n) is 4.34. The van der Waals surface area contributed by atoms with Gasteiger partial charge in [0, 0.05) is 5.56 Å². The van der Waals surface area contributed by atoms with E-state index in [1.807, 2.05) is 0 Å². The van der Waals surface area contributed by atoms with Crippen LogP contribution in [0.4, 0.5) is 33.5 Å². The first-order chi connectivity index (χ1) is 14.9. The fraction of sp³-hybridized carbons (Fsp3) is 0.211. The number of hydrogen-bond donors (Lipinski definition) is 3. The minimum absolute atomic E-state index is 0.0412. The summed E-state index contributed by atoms with van der Waals surface area (Å²) >= 11 is 5.86. The lowest BCUT2D eigenvalue weighted by atomic mass is 10.0. The molecule has 0 saturated heterocycles. The predicted octanol–water partition coefficient (Wildman–Crippen LogP) is 4.88. The van der Waals surface area contributed by atoms with Crippen LogP contribution in [0.2, 0.25) is 5.15 Å². The molecule has 0 radical (unpaired) electrons. The number of carbonyl (C=O) groups is 1. The van der Waals surface area contributed by atoms with E-state index in [-0.39, 0.29) is 16.7 Å². The van der Waals surface area contributed by atoms with Crippen LogP contribution in [0.5, 0.6) is 5.75 Å². The van der Waals surface area contributed by atoms with Crippen molar-refractivity contribution in [3.05, 3.63) is 52.3 Å². The molecular formula is C19H15ClF5N5O2. The number of ether oxygens (including phenoxy) is 1. The molecule has 1 atom stereocenters. The number of aromatic amines is 1. The summed E-state index contributed by atoms with van der Waals surface area (Å²) in [5.41, 5.74) is 4.19. The monoisotopic (exact) mass is 475 g/mol. The Kier molecular flexibility index (Phi) is 6.26. The number of alkyl halides is 3. The number of hydrogen-bond acceptors (Lipinski definition) is 5. The van der Waals surface area contributed by atoms with Crippen molar-refractivity contribution in [3.8, 4) is 17.0 Å². The highest BCUT2D eigenvalue weighted by Crippen LogP contribution is 2.35. The average Bonchev–Trinajstić information content (AvgIpc) is 3.02. The summed E-state index contributed by atoms with van der Waals surface area (Å²) in [5.74, 6) is -3.98. The van der Waals surface area contributed by atoms with E-state index in [4.69, 9.17) is 22.1 Å². The molecule has 1 aromatic carbocycles. The van der Waals surface area contributed by atoms with Crippen LogP contribution in [0.15, 0.2) is 24.3 Å². The second kappa shape index (κ2) is 8.61. The summed E-state index contributed by atoms with van der Waals surface area (Å²) in [4.78, 5) is 16.4. The molecule has 170 valence electrons. The Morgan fingerprint density at radius 1 is 1.25 bits per heavy atom. The Bertz CT molecular complexity index is 1160. The zero-order chi connectivity index (χ0) is 23.8. The number of nitrogens with zero attached hydrogens (tertiary/aromatic N) is 2. The Morgan fingerprint density at radius 3 is 2.53 bits per heavy atom. The fourth-order valence-corrected chi connectivity index (χ4v) is 2.87. The summed E-state index contributed by atoms with van der Waals surface area (Å²) < 4.78 is 73.2. The van der Waals surface area contributed by atoms with E-state index < -0.39 is 52.4 Å². The molecule has 13 heteroatoms. The quantitative estimate of drug-likeness (QED) is 0.456. The van der Waals surface area contributed by atoms with E-state index in [9.17, 15) is 26.7 Å². The highest BCUT2D eigenvalue weighted by Gasteiger charge is 2.39. The van der Waals surface area contributed by atoms with Gasteiger partial charge in [-0.25, -0.2) is 13.8 Å². The molecule has 0 saturated carbocycles. The molecule has 0 aliphatic heterocycles. The summed E-state index contributed by atoms with van der Waals surface area (Å²) in [6.45, 7) is 2.22. The number of aryl methyl sites for hydroxylation is 1. The first kappa shape index (κ1) is 23.3. The van der Waals surface area contributed by atoms with Gasteiger partial charge in [0.25, 0.3) is 5.91 Å². The second-order valence-electron chi connectivity index (χ2n) is 6.66. The van der Waals surface area contributed by atoms with Crippen LogP contribution < -0.4 is 15.8 Å².